The van der Waals surface area contributed by atoms with Crippen LogP contribution in [0, 0.1) is 0 Å². The summed E-state index contributed by atoms with van der Waals surface area (Å²) >= 11 is 0. The number of ether oxygens (including phenoxy) is 1. The summed E-state index contributed by atoms with van der Waals surface area (Å²) in [7, 11) is 0. The summed E-state index contributed by atoms with van der Waals surface area (Å²) < 4.78 is 5.39. The number of carbonyl (C=O) groups excluding carboxylic acids is 1. The van der Waals surface area contributed by atoms with E-state index in [1.807, 2.05) is 19.1 Å². The van der Waals surface area contributed by atoms with Gasteiger partial charge in [-0.15, -0.1) is 0 Å². The maximum absolute atomic E-state index is 12.2. The van der Waals surface area contributed by atoms with Gasteiger partial charge in [0.25, 0.3) is 5.91 Å². The number of amides is 1. The molecular weight excluding hydrogens is 300 g/mol. The number of carbonyl (C=O) groups is 1. The Labute approximate surface area is 143 Å². The van der Waals surface area contributed by atoms with Crippen molar-refractivity contribution in [2.45, 2.75) is 26.3 Å². The summed E-state index contributed by atoms with van der Waals surface area (Å²) in [5, 5.41) is 2.96. The van der Waals surface area contributed by atoms with Crippen molar-refractivity contribution >= 4 is 11.6 Å². The van der Waals surface area contributed by atoms with E-state index in [9.17, 15) is 4.79 Å². The lowest BCUT2D eigenvalue weighted by Gasteiger charge is -2.17. The van der Waals surface area contributed by atoms with Gasteiger partial charge in [-0.25, -0.2) is 0 Å². The van der Waals surface area contributed by atoms with Crippen LogP contribution in [-0.2, 0) is 6.54 Å². The van der Waals surface area contributed by atoms with E-state index in [2.05, 4.69) is 34.5 Å². The van der Waals surface area contributed by atoms with E-state index in [1.165, 1.54) is 18.5 Å². The molecule has 1 N–H and O–H groups in total. The second-order valence-electron chi connectivity index (χ2n) is 6.00. The topological polar surface area (TPSA) is 41.6 Å². The van der Waals surface area contributed by atoms with Crippen LogP contribution in [0.2, 0.25) is 0 Å². The van der Waals surface area contributed by atoms with Gasteiger partial charge >= 0.3 is 0 Å². The molecule has 0 unspecified atom stereocenters. The SMILES string of the molecule is CCOc1ccc(C(=O)NCc2ccc(N3CCCC3)cc2)cc1. The van der Waals surface area contributed by atoms with Gasteiger partial charge in [-0.3, -0.25) is 4.79 Å². The minimum Gasteiger partial charge on any atom is -0.494 e. The highest BCUT2D eigenvalue weighted by Gasteiger charge is 2.12. The lowest BCUT2D eigenvalue weighted by molar-refractivity contribution is 0.0951. The summed E-state index contributed by atoms with van der Waals surface area (Å²) in [6.07, 6.45) is 2.56. The predicted molar refractivity (Wildman–Crippen MR) is 96.7 cm³/mol. The molecule has 4 heteroatoms. The predicted octanol–water partition coefficient (Wildman–Crippen LogP) is 3.62. The van der Waals surface area contributed by atoms with E-state index in [0.29, 0.717) is 18.7 Å². The zero-order valence-electron chi connectivity index (χ0n) is 14.1. The van der Waals surface area contributed by atoms with Crippen molar-refractivity contribution in [3.05, 3.63) is 59.7 Å². The van der Waals surface area contributed by atoms with Crippen LogP contribution in [0.15, 0.2) is 48.5 Å². The average molecular weight is 324 g/mol. The van der Waals surface area contributed by atoms with Gasteiger partial charge in [0.1, 0.15) is 5.75 Å². The number of hydrogen-bond donors (Lipinski definition) is 1. The lowest BCUT2D eigenvalue weighted by Crippen LogP contribution is -2.23. The highest BCUT2D eigenvalue weighted by molar-refractivity contribution is 5.94. The molecule has 24 heavy (non-hydrogen) atoms. The number of nitrogens with zero attached hydrogens (tertiary/aromatic N) is 1. The molecule has 0 radical (unpaired) electrons. The van der Waals surface area contributed by atoms with E-state index in [4.69, 9.17) is 4.74 Å². The molecule has 0 aromatic heterocycles. The molecule has 2 aromatic carbocycles. The minimum atomic E-state index is -0.0679. The van der Waals surface area contributed by atoms with Gasteiger partial charge in [-0.1, -0.05) is 12.1 Å². The van der Waals surface area contributed by atoms with Crippen molar-refractivity contribution in [3.63, 3.8) is 0 Å². The first-order valence-corrected chi connectivity index (χ1v) is 8.61. The van der Waals surface area contributed by atoms with Crippen molar-refractivity contribution < 1.29 is 9.53 Å². The molecule has 1 aliphatic rings. The highest BCUT2D eigenvalue weighted by Crippen LogP contribution is 2.20. The Morgan fingerprint density at radius 3 is 2.33 bits per heavy atom. The molecule has 0 spiro atoms. The molecule has 0 bridgehead atoms. The van der Waals surface area contributed by atoms with Gasteiger partial charge in [0.05, 0.1) is 6.61 Å². The molecule has 1 saturated heterocycles. The molecule has 3 rings (SSSR count). The Kier molecular flexibility index (Phi) is 5.36. The quantitative estimate of drug-likeness (QED) is 0.882. The summed E-state index contributed by atoms with van der Waals surface area (Å²) in [6, 6.07) is 15.7. The molecule has 1 aliphatic heterocycles. The Morgan fingerprint density at radius 1 is 1.04 bits per heavy atom. The Balaban J connectivity index is 1.53. The maximum Gasteiger partial charge on any atom is 0.251 e. The third kappa shape index (κ3) is 4.07. The van der Waals surface area contributed by atoms with E-state index in [0.717, 1.165) is 24.4 Å². The number of nitrogens with one attached hydrogen (secondary N) is 1. The minimum absolute atomic E-state index is 0.0679. The van der Waals surface area contributed by atoms with Crippen LogP contribution in [0.25, 0.3) is 0 Å². The standard InChI is InChI=1S/C20H24N2O2/c1-2-24-19-11-7-17(8-12-19)20(23)21-15-16-5-9-18(10-6-16)22-13-3-4-14-22/h5-12H,2-4,13-15H2,1H3,(H,21,23). The first-order chi connectivity index (χ1) is 11.8. The summed E-state index contributed by atoms with van der Waals surface area (Å²) in [4.78, 5) is 14.6. The first-order valence-electron chi connectivity index (χ1n) is 8.61. The van der Waals surface area contributed by atoms with Crippen LogP contribution in [-0.4, -0.2) is 25.6 Å². The van der Waals surface area contributed by atoms with Crippen LogP contribution in [0.5, 0.6) is 5.75 Å². The van der Waals surface area contributed by atoms with Gasteiger partial charge in [0.15, 0.2) is 0 Å². The normalized spacial score (nSPS) is 13.8. The van der Waals surface area contributed by atoms with Gasteiger partial charge < -0.3 is 15.0 Å². The third-order valence-electron chi connectivity index (χ3n) is 4.29. The van der Waals surface area contributed by atoms with Crippen LogP contribution in [0.1, 0.15) is 35.7 Å². The molecule has 1 amide bonds. The van der Waals surface area contributed by atoms with Crippen LogP contribution < -0.4 is 15.0 Å². The molecular formula is C20H24N2O2. The second kappa shape index (κ2) is 7.86. The fraction of sp³-hybridized carbons (Fsp3) is 0.350. The van der Waals surface area contributed by atoms with Crippen molar-refractivity contribution in [3.8, 4) is 5.75 Å². The van der Waals surface area contributed by atoms with Crippen molar-refractivity contribution in [1.82, 2.24) is 5.32 Å². The molecule has 1 heterocycles. The summed E-state index contributed by atoms with van der Waals surface area (Å²) in [6.45, 7) is 5.39. The van der Waals surface area contributed by atoms with Crippen molar-refractivity contribution in [1.29, 1.82) is 0 Å². The van der Waals surface area contributed by atoms with Gasteiger partial charge in [-0.2, -0.15) is 0 Å². The van der Waals surface area contributed by atoms with E-state index < -0.39 is 0 Å². The van der Waals surface area contributed by atoms with Crippen LogP contribution >= 0.6 is 0 Å². The average Bonchev–Trinajstić information content (AvgIpc) is 3.16. The lowest BCUT2D eigenvalue weighted by atomic mass is 10.1. The van der Waals surface area contributed by atoms with Crippen molar-refractivity contribution in [2.75, 3.05) is 24.6 Å². The number of anilines is 1. The van der Waals surface area contributed by atoms with Crippen LogP contribution in [0.4, 0.5) is 5.69 Å². The maximum atomic E-state index is 12.2. The molecule has 0 saturated carbocycles. The fourth-order valence-electron chi connectivity index (χ4n) is 2.95. The molecule has 4 nitrogen and oxygen atoms in total. The van der Waals surface area contributed by atoms with Crippen molar-refractivity contribution in [2.24, 2.45) is 0 Å². The second-order valence-corrected chi connectivity index (χ2v) is 6.00. The monoisotopic (exact) mass is 324 g/mol. The third-order valence-corrected chi connectivity index (χ3v) is 4.29. The Hall–Kier alpha value is -2.49. The summed E-state index contributed by atoms with van der Waals surface area (Å²) in [5.74, 6) is 0.716. The molecule has 2 aromatic rings. The Morgan fingerprint density at radius 2 is 1.71 bits per heavy atom. The van der Waals surface area contributed by atoms with E-state index in [-0.39, 0.29) is 5.91 Å². The van der Waals surface area contributed by atoms with E-state index in [1.54, 1.807) is 12.1 Å². The zero-order chi connectivity index (χ0) is 16.8. The Bertz CT molecular complexity index is 659. The smallest absolute Gasteiger partial charge is 0.251 e. The summed E-state index contributed by atoms with van der Waals surface area (Å²) in [5.41, 5.74) is 3.03. The van der Waals surface area contributed by atoms with Gasteiger partial charge in [-0.05, 0) is 61.7 Å². The number of rotatable bonds is 6. The van der Waals surface area contributed by atoms with Gasteiger partial charge in [0, 0.05) is 30.9 Å². The molecule has 1 fully saturated rings. The molecule has 0 atom stereocenters. The van der Waals surface area contributed by atoms with E-state index >= 15 is 0 Å². The number of hydrogen-bond acceptors (Lipinski definition) is 3. The highest BCUT2D eigenvalue weighted by atomic mass is 16.5. The van der Waals surface area contributed by atoms with Gasteiger partial charge in [0.2, 0.25) is 0 Å². The zero-order valence-corrected chi connectivity index (χ0v) is 14.1. The first kappa shape index (κ1) is 16.4. The molecule has 0 aliphatic carbocycles. The molecule has 126 valence electrons. The van der Waals surface area contributed by atoms with Crippen LogP contribution in [0.3, 0.4) is 0 Å². The fourth-order valence-corrected chi connectivity index (χ4v) is 2.95. The largest absolute Gasteiger partial charge is 0.494 e. The number of benzene rings is 2.